The smallest absolute Gasteiger partial charge is 0.0925 e. The summed E-state index contributed by atoms with van der Waals surface area (Å²) in [6, 6.07) is 11.9. The molecule has 0 amide bonds. The van der Waals surface area contributed by atoms with E-state index >= 15 is 0 Å². The van der Waals surface area contributed by atoms with Crippen molar-refractivity contribution in [3.8, 4) is 0 Å². The lowest BCUT2D eigenvalue weighted by Gasteiger charge is -2.08. The van der Waals surface area contributed by atoms with Gasteiger partial charge in [-0.05, 0) is 34.5 Å². The highest BCUT2D eigenvalue weighted by Gasteiger charge is 2.06. The molecule has 1 atom stereocenters. The van der Waals surface area contributed by atoms with E-state index < -0.39 is 6.10 Å². The molecule has 1 nitrogen and oxygen atoms in total. The number of hydrogen-bond donors (Lipinski definition) is 1. The lowest BCUT2D eigenvalue weighted by atomic mass is 10.0. The maximum Gasteiger partial charge on any atom is 0.0925 e. The first-order chi connectivity index (χ1) is 7.20. The number of halogens is 2. The van der Waals surface area contributed by atoms with E-state index in [1.807, 2.05) is 36.4 Å². The first-order valence-corrected chi connectivity index (χ1v) is 5.96. The molecule has 1 N–H and O–H groups in total. The van der Waals surface area contributed by atoms with E-state index in [0.29, 0.717) is 0 Å². The van der Waals surface area contributed by atoms with Crippen molar-refractivity contribution in [2.24, 2.45) is 0 Å². The third-order valence-electron chi connectivity index (χ3n) is 2.36. The summed E-state index contributed by atoms with van der Waals surface area (Å²) in [4.78, 5) is 0. The van der Waals surface area contributed by atoms with E-state index in [2.05, 4.69) is 15.9 Å². The van der Waals surface area contributed by atoms with Crippen molar-refractivity contribution in [3.05, 3.63) is 46.4 Å². The second kappa shape index (κ2) is 4.52. The molecule has 78 valence electrons. The molecule has 15 heavy (non-hydrogen) atoms. The maximum atomic E-state index is 9.60. The summed E-state index contributed by atoms with van der Waals surface area (Å²) >= 11 is 9.03. The summed E-state index contributed by atoms with van der Waals surface area (Å²) in [6.07, 6.45) is -0.584. The quantitative estimate of drug-likeness (QED) is 0.830. The molecule has 2 aromatic carbocycles. The fraction of sp³-hybridized carbons (Fsp3) is 0.167. The molecule has 0 unspecified atom stereocenters. The predicted octanol–water partition coefficient (Wildman–Crippen LogP) is 3.87. The summed E-state index contributed by atoms with van der Waals surface area (Å²) in [5.41, 5.74) is 0.861. The monoisotopic (exact) mass is 284 g/mol. The summed E-state index contributed by atoms with van der Waals surface area (Å²) in [6.45, 7) is 0. The van der Waals surface area contributed by atoms with Gasteiger partial charge in [0.1, 0.15) is 0 Å². The Bertz CT molecular complexity index is 484. The lowest BCUT2D eigenvalue weighted by molar-refractivity contribution is 0.203. The predicted molar refractivity (Wildman–Crippen MR) is 67.3 cm³/mol. The number of alkyl halides is 1. The fourth-order valence-corrected chi connectivity index (χ4v) is 2.09. The molecule has 3 heteroatoms. The third-order valence-corrected chi connectivity index (χ3v) is 3.14. The minimum Gasteiger partial charge on any atom is -0.387 e. The molecular formula is C12H10BrClO. The van der Waals surface area contributed by atoms with E-state index in [1.165, 1.54) is 0 Å². The van der Waals surface area contributed by atoms with Crippen LogP contribution in [0.15, 0.2) is 40.9 Å². The molecule has 0 saturated carbocycles. The van der Waals surface area contributed by atoms with Gasteiger partial charge in [-0.1, -0.05) is 34.1 Å². The Balaban J connectivity index is 2.52. The molecule has 0 aliphatic heterocycles. The summed E-state index contributed by atoms with van der Waals surface area (Å²) in [5.74, 6) is 0.224. The molecule has 0 fully saturated rings. The number of benzene rings is 2. The lowest BCUT2D eigenvalue weighted by Crippen LogP contribution is -1.97. The molecule has 0 spiro atoms. The van der Waals surface area contributed by atoms with Crippen LogP contribution in [0.5, 0.6) is 0 Å². The highest BCUT2D eigenvalue weighted by atomic mass is 79.9. The Hall–Kier alpha value is -0.570. The molecule has 0 aliphatic carbocycles. The van der Waals surface area contributed by atoms with Gasteiger partial charge < -0.3 is 5.11 Å². The molecule has 2 rings (SSSR count). The molecular weight excluding hydrogens is 275 g/mol. The van der Waals surface area contributed by atoms with Crippen LogP contribution in [0.1, 0.15) is 11.7 Å². The molecule has 0 radical (unpaired) electrons. The SMILES string of the molecule is O[C@@H](CCl)c1ccc2cc(Br)ccc2c1. The van der Waals surface area contributed by atoms with Crippen molar-refractivity contribution in [3.63, 3.8) is 0 Å². The molecule has 0 saturated heterocycles. The molecule has 0 aliphatic rings. The summed E-state index contributed by atoms with van der Waals surface area (Å²) in [5, 5.41) is 11.9. The Morgan fingerprint density at radius 1 is 1.13 bits per heavy atom. The highest BCUT2D eigenvalue weighted by Crippen LogP contribution is 2.24. The van der Waals surface area contributed by atoms with Crippen molar-refractivity contribution in [2.45, 2.75) is 6.10 Å². The summed E-state index contributed by atoms with van der Waals surface area (Å²) < 4.78 is 1.06. The largest absolute Gasteiger partial charge is 0.387 e. The van der Waals surface area contributed by atoms with Crippen LogP contribution in [0.3, 0.4) is 0 Å². The topological polar surface area (TPSA) is 20.2 Å². The molecule has 0 heterocycles. The Kier molecular flexibility index (Phi) is 3.29. The molecule has 0 bridgehead atoms. The molecule has 2 aromatic rings. The zero-order valence-electron chi connectivity index (χ0n) is 7.95. The highest BCUT2D eigenvalue weighted by molar-refractivity contribution is 9.10. The van der Waals surface area contributed by atoms with Gasteiger partial charge in [-0.25, -0.2) is 0 Å². The van der Waals surface area contributed by atoms with E-state index in [-0.39, 0.29) is 5.88 Å². The van der Waals surface area contributed by atoms with Crippen LogP contribution in [-0.4, -0.2) is 11.0 Å². The Morgan fingerprint density at radius 2 is 1.80 bits per heavy atom. The zero-order chi connectivity index (χ0) is 10.8. The number of aliphatic hydroxyl groups excluding tert-OH is 1. The van der Waals surface area contributed by atoms with Crippen LogP contribution in [0.4, 0.5) is 0 Å². The van der Waals surface area contributed by atoms with Crippen molar-refractivity contribution < 1.29 is 5.11 Å². The van der Waals surface area contributed by atoms with Crippen LogP contribution < -0.4 is 0 Å². The van der Waals surface area contributed by atoms with Gasteiger partial charge in [-0.2, -0.15) is 0 Å². The standard InChI is InChI=1S/C12H10BrClO/c13-11-4-3-8-5-10(12(15)7-14)2-1-9(8)6-11/h1-6,12,15H,7H2/t12-/m0/s1. The number of rotatable bonds is 2. The van der Waals surface area contributed by atoms with Crippen LogP contribution >= 0.6 is 27.5 Å². The van der Waals surface area contributed by atoms with Gasteiger partial charge in [0.05, 0.1) is 12.0 Å². The van der Waals surface area contributed by atoms with Gasteiger partial charge in [0.15, 0.2) is 0 Å². The second-order valence-electron chi connectivity index (χ2n) is 3.42. The first-order valence-electron chi connectivity index (χ1n) is 4.64. The van der Waals surface area contributed by atoms with E-state index in [4.69, 9.17) is 11.6 Å². The van der Waals surface area contributed by atoms with Gasteiger partial charge in [-0.15, -0.1) is 11.6 Å². The van der Waals surface area contributed by atoms with E-state index in [0.717, 1.165) is 20.8 Å². The first kappa shape index (κ1) is 10.9. The minimum atomic E-state index is -0.584. The average molecular weight is 286 g/mol. The van der Waals surface area contributed by atoms with E-state index in [9.17, 15) is 5.11 Å². The van der Waals surface area contributed by atoms with Crippen molar-refractivity contribution in [1.82, 2.24) is 0 Å². The Morgan fingerprint density at radius 3 is 2.53 bits per heavy atom. The van der Waals surface area contributed by atoms with Crippen molar-refractivity contribution in [2.75, 3.05) is 5.88 Å². The number of aliphatic hydroxyl groups is 1. The van der Waals surface area contributed by atoms with Crippen LogP contribution in [-0.2, 0) is 0 Å². The van der Waals surface area contributed by atoms with Gasteiger partial charge in [-0.3, -0.25) is 0 Å². The Labute approximate surface area is 102 Å². The average Bonchev–Trinajstić information content (AvgIpc) is 2.27. The minimum absolute atomic E-state index is 0.224. The van der Waals surface area contributed by atoms with Crippen LogP contribution in [0, 0.1) is 0 Å². The number of fused-ring (bicyclic) bond motifs is 1. The second-order valence-corrected chi connectivity index (χ2v) is 4.65. The van der Waals surface area contributed by atoms with Gasteiger partial charge in [0.2, 0.25) is 0 Å². The maximum absolute atomic E-state index is 9.60. The van der Waals surface area contributed by atoms with Crippen molar-refractivity contribution >= 4 is 38.3 Å². The van der Waals surface area contributed by atoms with Crippen LogP contribution in [0.25, 0.3) is 10.8 Å². The van der Waals surface area contributed by atoms with Crippen molar-refractivity contribution in [1.29, 1.82) is 0 Å². The number of hydrogen-bond acceptors (Lipinski definition) is 1. The van der Waals surface area contributed by atoms with E-state index in [1.54, 1.807) is 0 Å². The van der Waals surface area contributed by atoms with Gasteiger partial charge >= 0.3 is 0 Å². The van der Waals surface area contributed by atoms with Gasteiger partial charge in [0.25, 0.3) is 0 Å². The molecule has 0 aromatic heterocycles. The summed E-state index contributed by atoms with van der Waals surface area (Å²) in [7, 11) is 0. The zero-order valence-corrected chi connectivity index (χ0v) is 10.3. The van der Waals surface area contributed by atoms with Gasteiger partial charge in [0, 0.05) is 4.47 Å². The normalized spacial score (nSPS) is 13.0. The third kappa shape index (κ3) is 2.33. The fourth-order valence-electron chi connectivity index (χ4n) is 1.53. The van der Waals surface area contributed by atoms with Crippen LogP contribution in [0.2, 0.25) is 0 Å².